The molecule has 1 aromatic rings. The number of hydrogen-bond donors (Lipinski definition) is 3. The van der Waals surface area contributed by atoms with Crippen molar-refractivity contribution in [2.45, 2.75) is 25.4 Å². The summed E-state index contributed by atoms with van der Waals surface area (Å²) in [6, 6.07) is -1.28. The van der Waals surface area contributed by atoms with Gasteiger partial charge in [-0.25, -0.2) is 4.98 Å². The molecule has 1 heterocycles. The van der Waals surface area contributed by atoms with Crippen LogP contribution in [0.5, 0.6) is 0 Å². The van der Waals surface area contributed by atoms with Gasteiger partial charge in [-0.2, -0.15) is 0 Å². The van der Waals surface area contributed by atoms with Crippen molar-refractivity contribution in [2.24, 2.45) is 5.73 Å². The second-order valence-electron chi connectivity index (χ2n) is 3.30. The zero-order valence-corrected chi connectivity index (χ0v) is 9.53. The van der Waals surface area contributed by atoms with E-state index in [-0.39, 0.29) is 12.5 Å². The van der Waals surface area contributed by atoms with Gasteiger partial charge in [0.25, 0.3) is 0 Å². The third-order valence-corrected chi connectivity index (χ3v) is 2.87. The van der Waals surface area contributed by atoms with Gasteiger partial charge < -0.3 is 16.2 Å². The molecule has 1 aromatic heterocycles. The van der Waals surface area contributed by atoms with E-state index in [1.54, 1.807) is 18.5 Å². The van der Waals surface area contributed by atoms with E-state index in [1.165, 1.54) is 11.3 Å². The molecule has 1 rings (SSSR count). The van der Waals surface area contributed by atoms with E-state index in [0.29, 0.717) is 0 Å². The Morgan fingerprint density at radius 3 is 2.88 bits per heavy atom. The van der Waals surface area contributed by atoms with Gasteiger partial charge in [0.05, 0.1) is 18.5 Å². The average molecular weight is 243 g/mol. The van der Waals surface area contributed by atoms with E-state index < -0.39 is 17.9 Å². The molecular weight excluding hydrogens is 230 g/mol. The topological polar surface area (TPSA) is 105 Å². The second kappa shape index (κ2) is 5.57. The van der Waals surface area contributed by atoms with Gasteiger partial charge in [0.15, 0.2) is 0 Å². The summed E-state index contributed by atoms with van der Waals surface area (Å²) in [7, 11) is 0. The molecule has 0 radical (unpaired) electrons. The van der Waals surface area contributed by atoms with Gasteiger partial charge in [-0.15, -0.1) is 11.3 Å². The zero-order chi connectivity index (χ0) is 12.1. The van der Waals surface area contributed by atoms with Crippen LogP contribution in [0.3, 0.4) is 0 Å². The molecule has 4 N–H and O–H groups in total. The van der Waals surface area contributed by atoms with E-state index in [1.807, 2.05) is 0 Å². The van der Waals surface area contributed by atoms with Gasteiger partial charge in [-0.1, -0.05) is 0 Å². The predicted molar refractivity (Wildman–Crippen MR) is 58.9 cm³/mol. The molecule has 0 fully saturated rings. The molecule has 0 saturated carbocycles. The fourth-order valence-corrected chi connectivity index (χ4v) is 1.76. The minimum Gasteiger partial charge on any atom is -0.481 e. The lowest BCUT2D eigenvalue weighted by Crippen LogP contribution is -2.42. The van der Waals surface area contributed by atoms with Crippen LogP contribution in [0.1, 0.15) is 24.4 Å². The van der Waals surface area contributed by atoms with Crippen LogP contribution in [-0.2, 0) is 9.59 Å². The molecule has 0 bridgehead atoms. The average Bonchev–Trinajstić information content (AvgIpc) is 2.68. The Balaban J connectivity index is 2.48. The first-order chi connectivity index (χ1) is 7.50. The number of amides is 1. The predicted octanol–water partition coefficient (Wildman–Crippen LogP) is 0.122. The largest absolute Gasteiger partial charge is 0.481 e. The number of thiazole rings is 1. The number of aromatic nitrogens is 1. The number of carboxylic acids is 1. The molecule has 7 heteroatoms. The van der Waals surface area contributed by atoms with Crippen molar-refractivity contribution in [3.8, 4) is 0 Å². The molecule has 0 saturated heterocycles. The summed E-state index contributed by atoms with van der Waals surface area (Å²) in [5, 5.41) is 13.6. The van der Waals surface area contributed by atoms with Crippen LogP contribution in [0, 0.1) is 0 Å². The first kappa shape index (κ1) is 12.6. The first-order valence-electron chi connectivity index (χ1n) is 4.68. The lowest BCUT2D eigenvalue weighted by molar-refractivity contribution is -0.139. The van der Waals surface area contributed by atoms with E-state index in [9.17, 15) is 9.59 Å². The van der Waals surface area contributed by atoms with Gasteiger partial charge in [-0.3, -0.25) is 9.59 Å². The standard InChI is InChI=1S/C9H13N3O3S/c1-5(9-11-2-3-16-9)12-8(15)6(10)4-7(13)14/h2-3,5-6H,4,10H2,1H3,(H,12,15)(H,13,14). The van der Waals surface area contributed by atoms with Crippen LogP contribution in [0.2, 0.25) is 0 Å². The van der Waals surface area contributed by atoms with Gasteiger partial charge >= 0.3 is 5.97 Å². The maximum Gasteiger partial charge on any atom is 0.305 e. The Morgan fingerprint density at radius 1 is 1.69 bits per heavy atom. The SMILES string of the molecule is CC(NC(=O)C(N)CC(=O)O)c1nccs1. The number of carbonyl (C=O) groups excluding carboxylic acids is 1. The van der Waals surface area contributed by atoms with Crippen LogP contribution < -0.4 is 11.1 Å². The minimum atomic E-state index is -1.09. The highest BCUT2D eigenvalue weighted by molar-refractivity contribution is 7.09. The van der Waals surface area contributed by atoms with Crippen molar-refractivity contribution in [3.05, 3.63) is 16.6 Å². The summed E-state index contributed by atoms with van der Waals surface area (Å²) < 4.78 is 0. The van der Waals surface area contributed by atoms with Gasteiger partial charge in [0.1, 0.15) is 5.01 Å². The molecule has 16 heavy (non-hydrogen) atoms. The molecular formula is C9H13N3O3S. The Labute approximate surface area is 96.5 Å². The highest BCUT2D eigenvalue weighted by atomic mass is 32.1. The lowest BCUT2D eigenvalue weighted by Gasteiger charge is -2.14. The van der Waals surface area contributed by atoms with Crippen LogP contribution in [-0.4, -0.2) is 28.0 Å². The van der Waals surface area contributed by atoms with E-state index in [0.717, 1.165) is 5.01 Å². The van der Waals surface area contributed by atoms with E-state index in [4.69, 9.17) is 10.8 Å². The summed E-state index contributed by atoms with van der Waals surface area (Å²) in [6.45, 7) is 1.77. The Hall–Kier alpha value is -1.47. The summed E-state index contributed by atoms with van der Waals surface area (Å²) in [5.74, 6) is -1.57. The quantitative estimate of drug-likeness (QED) is 0.681. The molecule has 88 valence electrons. The highest BCUT2D eigenvalue weighted by Crippen LogP contribution is 2.14. The fourth-order valence-electron chi connectivity index (χ4n) is 1.11. The Bertz CT molecular complexity index is 366. The number of nitrogens with two attached hydrogens (primary N) is 1. The monoisotopic (exact) mass is 243 g/mol. The summed E-state index contributed by atoms with van der Waals surface area (Å²) in [4.78, 5) is 25.9. The molecule has 1 amide bonds. The first-order valence-corrected chi connectivity index (χ1v) is 5.55. The highest BCUT2D eigenvalue weighted by Gasteiger charge is 2.19. The molecule has 0 aliphatic heterocycles. The number of carboxylic acid groups (broad SMARTS) is 1. The summed E-state index contributed by atoms with van der Waals surface area (Å²) >= 11 is 1.42. The summed E-state index contributed by atoms with van der Waals surface area (Å²) in [6.07, 6.45) is 1.26. The number of carbonyl (C=O) groups is 2. The molecule has 2 unspecified atom stereocenters. The van der Waals surface area contributed by atoms with Crippen molar-refractivity contribution < 1.29 is 14.7 Å². The second-order valence-corrected chi connectivity index (χ2v) is 4.23. The van der Waals surface area contributed by atoms with Crippen LogP contribution in [0.4, 0.5) is 0 Å². The normalized spacial score (nSPS) is 14.1. The number of hydrogen-bond acceptors (Lipinski definition) is 5. The molecule has 0 aliphatic rings. The fraction of sp³-hybridized carbons (Fsp3) is 0.444. The lowest BCUT2D eigenvalue weighted by atomic mass is 10.2. The number of rotatable bonds is 5. The van der Waals surface area contributed by atoms with Crippen molar-refractivity contribution in [1.82, 2.24) is 10.3 Å². The van der Waals surface area contributed by atoms with Crippen molar-refractivity contribution in [1.29, 1.82) is 0 Å². The zero-order valence-electron chi connectivity index (χ0n) is 8.71. The van der Waals surface area contributed by atoms with Gasteiger partial charge in [0.2, 0.25) is 5.91 Å². The smallest absolute Gasteiger partial charge is 0.305 e. The molecule has 0 spiro atoms. The van der Waals surface area contributed by atoms with E-state index >= 15 is 0 Å². The van der Waals surface area contributed by atoms with Crippen LogP contribution >= 0.6 is 11.3 Å². The van der Waals surface area contributed by atoms with Crippen molar-refractivity contribution in [3.63, 3.8) is 0 Å². The third kappa shape index (κ3) is 3.59. The Morgan fingerprint density at radius 2 is 2.38 bits per heavy atom. The summed E-state index contributed by atoms with van der Waals surface area (Å²) in [5.41, 5.74) is 5.41. The molecule has 0 aliphatic carbocycles. The van der Waals surface area contributed by atoms with Gasteiger partial charge in [-0.05, 0) is 6.92 Å². The molecule has 6 nitrogen and oxygen atoms in total. The molecule has 0 aromatic carbocycles. The molecule has 2 atom stereocenters. The van der Waals surface area contributed by atoms with Crippen molar-refractivity contribution >= 4 is 23.2 Å². The number of aliphatic carboxylic acids is 1. The van der Waals surface area contributed by atoms with E-state index in [2.05, 4.69) is 10.3 Å². The van der Waals surface area contributed by atoms with Crippen molar-refractivity contribution in [2.75, 3.05) is 0 Å². The van der Waals surface area contributed by atoms with Gasteiger partial charge in [0, 0.05) is 11.6 Å². The van der Waals surface area contributed by atoms with Crippen LogP contribution in [0.25, 0.3) is 0 Å². The number of nitrogens with zero attached hydrogens (tertiary/aromatic N) is 1. The number of nitrogens with one attached hydrogen (secondary N) is 1. The van der Waals surface area contributed by atoms with Crippen LogP contribution in [0.15, 0.2) is 11.6 Å². The minimum absolute atomic E-state index is 0.257. The maximum absolute atomic E-state index is 11.5. The third-order valence-electron chi connectivity index (χ3n) is 1.91. The maximum atomic E-state index is 11.5. The Kier molecular flexibility index (Phi) is 4.39.